The van der Waals surface area contributed by atoms with Gasteiger partial charge in [0.25, 0.3) is 0 Å². The molecule has 1 N–H and O–H groups in total. The van der Waals surface area contributed by atoms with Crippen LogP contribution in [0.3, 0.4) is 0 Å². The second-order valence-electron chi connectivity index (χ2n) is 3.63. The van der Waals surface area contributed by atoms with Crippen molar-refractivity contribution >= 4 is 17.7 Å². The van der Waals surface area contributed by atoms with Crippen LogP contribution in [0.2, 0.25) is 0 Å². The van der Waals surface area contributed by atoms with Gasteiger partial charge < -0.3 is 5.32 Å². The number of hydrogen-bond donors (Lipinski definition) is 1. The van der Waals surface area contributed by atoms with E-state index in [2.05, 4.69) is 30.3 Å². The second-order valence-corrected chi connectivity index (χ2v) is 4.48. The Morgan fingerprint density at radius 1 is 1.56 bits per heavy atom. The molecule has 0 fully saturated rings. The van der Waals surface area contributed by atoms with Crippen molar-refractivity contribution in [3.63, 3.8) is 0 Å². The fraction of sp³-hybridized carbons (Fsp3) is 0.308. The van der Waals surface area contributed by atoms with E-state index in [9.17, 15) is 4.79 Å². The van der Waals surface area contributed by atoms with Crippen molar-refractivity contribution in [2.45, 2.75) is 24.3 Å². The zero-order valence-corrected chi connectivity index (χ0v) is 10.5. The molecule has 0 aliphatic carbocycles. The minimum Gasteiger partial charge on any atom is -0.350 e. The highest BCUT2D eigenvalue weighted by atomic mass is 32.2. The fourth-order valence-electron chi connectivity index (χ4n) is 1.55. The SMILES string of the molecule is C=CC(=O)NC(C)Cc1ccccc1SC. The summed E-state index contributed by atoms with van der Waals surface area (Å²) in [5.41, 5.74) is 1.27. The van der Waals surface area contributed by atoms with Gasteiger partial charge in [-0.25, -0.2) is 0 Å². The van der Waals surface area contributed by atoms with Gasteiger partial charge in [0.15, 0.2) is 0 Å². The molecule has 1 unspecified atom stereocenters. The van der Waals surface area contributed by atoms with E-state index < -0.39 is 0 Å². The molecule has 0 saturated carbocycles. The molecule has 1 rings (SSSR count). The van der Waals surface area contributed by atoms with E-state index >= 15 is 0 Å². The molecule has 1 aromatic carbocycles. The summed E-state index contributed by atoms with van der Waals surface area (Å²) in [6.45, 7) is 5.44. The predicted octanol–water partition coefficient (Wildman–Crippen LogP) is 2.64. The maximum Gasteiger partial charge on any atom is 0.243 e. The van der Waals surface area contributed by atoms with Gasteiger partial charge in [-0.2, -0.15) is 0 Å². The van der Waals surface area contributed by atoms with Gasteiger partial charge in [-0.05, 0) is 37.3 Å². The average Bonchev–Trinajstić information content (AvgIpc) is 2.29. The number of thioether (sulfide) groups is 1. The summed E-state index contributed by atoms with van der Waals surface area (Å²) in [6, 6.07) is 8.38. The number of rotatable bonds is 5. The van der Waals surface area contributed by atoms with Gasteiger partial charge in [0.05, 0.1) is 0 Å². The number of amides is 1. The van der Waals surface area contributed by atoms with Crippen LogP contribution in [0.1, 0.15) is 12.5 Å². The zero-order chi connectivity index (χ0) is 12.0. The third kappa shape index (κ3) is 3.74. The van der Waals surface area contributed by atoms with Crippen molar-refractivity contribution in [2.24, 2.45) is 0 Å². The molecule has 3 heteroatoms. The fourth-order valence-corrected chi connectivity index (χ4v) is 2.18. The van der Waals surface area contributed by atoms with E-state index in [-0.39, 0.29) is 11.9 Å². The third-order valence-corrected chi connectivity index (χ3v) is 3.13. The molecular weight excluding hydrogens is 218 g/mol. The highest BCUT2D eigenvalue weighted by Crippen LogP contribution is 2.20. The lowest BCUT2D eigenvalue weighted by molar-refractivity contribution is -0.117. The summed E-state index contributed by atoms with van der Waals surface area (Å²) in [5, 5.41) is 2.86. The minimum absolute atomic E-state index is 0.117. The number of hydrogen-bond acceptors (Lipinski definition) is 2. The highest BCUT2D eigenvalue weighted by Gasteiger charge is 2.08. The van der Waals surface area contributed by atoms with Gasteiger partial charge in [0.1, 0.15) is 0 Å². The predicted molar refractivity (Wildman–Crippen MR) is 69.7 cm³/mol. The normalized spacial score (nSPS) is 11.9. The molecule has 0 aliphatic rings. The zero-order valence-electron chi connectivity index (χ0n) is 9.69. The molecular formula is C13H17NOS. The van der Waals surface area contributed by atoms with Gasteiger partial charge in [-0.15, -0.1) is 11.8 Å². The first-order chi connectivity index (χ1) is 7.67. The van der Waals surface area contributed by atoms with E-state index in [0.717, 1.165) is 6.42 Å². The molecule has 86 valence electrons. The Hall–Kier alpha value is -1.22. The van der Waals surface area contributed by atoms with Crippen LogP contribution < -0.4 is 5.32 Å². The van der Waals surface area contributed by atoms with Gasteiger partial charge in [0, 0.05) is 10.9 Å². The smallest absolute Gasteiger partial charge is 0.243 e. The van der Waals surface area contributed by atoms with Crippen LogP contribution in [0, 0.1) is 0 Å². The second kappa shape index (κ2) is 6.38. The van der Waals surface area contributed by atoms with E-state index in [1.807, 2.05) is 19.1 Å². The maximum absolute atomic E-state index is 11.1. The van der Waals surface area contributed by atoms with Crippen LogP contribution in [0.15, 0.2) is 41.8 Å². The summed E-state index contributed by atoms with van der Waals surface area (Å²) in [6.07, 6.45) is 4.21. The summed E-state index contributed by atoms with van der Waals surface area (Å²) < 4.78 is 0. The lowest BCUT2D eigenvalue weighted by Crippen LogP contribution is -2.32. The lowest BCUT2D eigenvalue weighted by atomic mass is 10.1. The Balaban J connectivity index is 2.65. The molecule has 0 spiro atoms. The number of carbonyl (C=O) groups is 1. The van der Waals surface area contributed by atoms with Gasteiger partial charge in [0.2, 0.25) is 5.91 Å². The first-order valence-corrected chi connectivity index (χ1v) is 6.44. The first-order valence-electron chi connectivity index (χ1n) is 5.22. The average molecular weight is 235 g/mol. The third-order valence-electron chi connectivity index (χ3n) is 2.29. The van der Waals surface area contributed by atoms with E-state index in [0.29, 0.717) is 0 Å². The van der Waals surface area contributed by atoms with Crippen molar-refractivity contribution in [3.8, 4) is 0 Å². The van der Waals surface area contributed by atoms with Crippen LogP contribution in [-0.4, -0.2) is 18.2 Å². The molecule has 0 saturated heterocycles. The van der Waals surface area contributed by atoms with Crippen LogP contribution in [-0.2, 0) is 11.2 Å². The van der Waals surface area contributed by atoms with Gasteiger partial charge in [-0.1, -0.05) is 24.8 Å². The van der Waals surface area contributed by atoms with Crippen LogP contribution in [0.4, 0.5) is 0 Å². The maximum atomic E-state index is 11.1. The Morgan fingerprint density at radius 3 is 2.88 bits per heavy atom. The molecule has 1 atom stereocenters. The largest absolute Gasteiger partial charge is 0.350 e. The van der Waals surface area contributed by atoms with E-state index in [1.165, 1.54) is 16.5 Å². The summed E-state index contributed by atoms with van der Waals surface area (Å²) in [7, 11) is 0. The summed E-state index contributed by atoms with van der Waals surface area (Å²) >= 11 is 1.73. The Morgan fingerprint density at radius 2 is 2.25 bits per heavy atom. The standard InChI is InChI=1S/C13H17NOS/c1-4-13(15)14-10(2)9-11-7-5-6-8-12(11)16-3/h4-8,10H,1,9H2,2-3H3,(H,14,15). The Bertz CT molecular complexity index is 376. The van der Waals surface area contributed by atoms with Crippen molar-refractivity contribution in [3.05, 3.63) is 42.5 Å². The van der Waals surface area contributed by atoms with Crippen LogP contribution in [0.5, 0.6) is 0 Å². The molecule has 0 bridgehead atoms. The van der Waals surface area contributed by atoms with Crippen molar-refractivity contribution in [1.29, 1.82) is 0 Å². The molecule has 0 heterocycles. The first kappa shape index (κ1) is 12.8. The van der Waals surface area contributed by atoms with E-state index in [1.54, 1.807) is 11.8 Å². The Kier molecular flexibility index (Phi) is 5.12. The molecule has 2 nitrogen and oxygen atoms in total. The quantitative estimate of drug-likeness (QED) is 0.628. The van der Waals surface area contributed by atoms with Crippen LogP contribution >= 0.6 is 11.8 Å². The monoisotopic (exact) mass is 235 g/mol. The summed E-state index contributed by atoms with van der Waals surface area (Å²) in [5.74, 6) is -0.117. The van der Waals surface area contributed by atoms with Crippen molar-refractivity contribution in [2.75, 3.05) is 6.26 Å². The lowest BCUT2D eigenvalue weighted by Gasteiger charge is -2.14. The Labute approximate surface area is 101 Å². The van der Waals surface area contributed by atoms with E-state index in [4.69, 9.17) is 0 Å². The highest BCUT2D eigenvalue weighted by molar-refractivity contribution is 7.98. The molecule has 0 radical (unpaired) electrons. The van der Waals surface area contributed by atoms with Gasteiger partial charge >= 0.3 is 0 Å². The molecule has 1 aromatic rings. The van der Waals surface area contributed by atoms with Gasteiger partial charge in [-0.3, -0.25) is 4.79 Å². The number of benzene rings is 1. The summed E-state index contributed by atoms with van der Waals surface area (Å²) in [4.78, 5) is 12.4. The number of carbonyl (C=O) groups excluding carboxylic acids is 1. The van der Waals surface area contributed by atoms with Crippen molar-refractivity contribution in [1.82, 2.24) is 5.32 Å². The van der Waals surface area contributed by atoms with Crippen LogP contribution in [0.25, 0.3) is 0 Å². The molecule has 16 heavy (non-hydrogen) atoms. The number of nitrogens with one attached hydrogen (secondary N) is 1. The molecule has 1 amide bonds. The topological polar surface area (TPSA) is 29.1 Å². The van der Waals surface area contributed by atoms with Crippen molar-refractivity contribution < 1.29 is 4.79 Å². The molecule has 0 aliphatic heterocycles. The molecule has 0 aromatic heterocycles. The minimum atomic E-state index is -0.117.